The van der Waals surface area contributed by atoms with E-state index in [9.17, 15) is 4.79 Å². The van der Waals surface area contributed by atoms with Gasteiger partial charge in [0.05, 0.1) is 33.0 Å². The molecule has 41 heavy (non-hydrogen) atoms. The van der Waals surface area contributed by atoms with Gasteiger partial charge >= 0.3 is 0 Å². The molecule has 2 fully saturated rings. The molecule has 3 heterocycles. The fourth-order valence-electron chi connectivity index (χ4n) is 5.47. The van der Waals surface area contributed by atoms with Crippen LogP contribution in [-0.2, 0) is 13.0 Å². The third-order valence-electron chi connectivity index (χ3n) is 8.14. The van der Waals surface area contributed by atoms with Gasteiger partial charge in [-0.2, -0.15) is 0 Å². The summed E-state index contributed by atoms with van der Waals surface area (Å²) in [6.07, 6.45) is 9.79. The van der Waals surface area contributed by atoms with Crippen molar-refractivity contribution in [3.8, 4) is 0 Å². The van der Waals surface area contributed by atoms with E-state index in [1.807, 2.05) is 30.3 Å². The van der Waals surface area contributed by atoms with Crippen LogP contribution in [0.3, 0.4) is 0 Å². The predicted molar refractivity (Wildman–Crippen MR) is 168 cm³/mol. The Morgan fingerprint density at radius 1 is 1.10 bits per heavy atom. The molecular formula is C33H36N6OS. The Bertz CT molecular complexity index is 1580. The van der Waals surface area contributed by atoms with Gasteiger partial charge in [0.2, 0.25) is 0 Å². The standard InChI is InChI=1S/C33H36N6OS/c1-4-21(2)27-9-5-23(15-28(27)34-3)20-39(33(40)25-18-36-32(37-19-25)24-6-7-24)26-8-10-30-29(17-26)38-31(41-30)16-22-11-13-35-14-12-22/h5,8-10,15,17-19,22,24,35H,2-4,6-7,11-14,16,20H2,1H3. The quantitative estimate of drug-likeness (QED) is 0.208. The molecule has 0 atom stereocenters. The number of piperidine rings is 1. The van der Waals surface area contributed by atoms with Gasteiger partial charge in [0.15, 0.2) is 0 Å². The minimum Gasteiger partial charge on any atom is -0.317 e. The maximum absolute atomic E-state index is 14.0. The number of benzene rings is 2. The molecule has 0 bridgehead atoms. The molecular weight excluding hydrogens is 528 g/mol. The molecule has 1 aliphatic heterocycles. The number of thiazole rings is 1. The molecule has 7 nitrogen and oxygen atoms in total. The van der Waals surface area contributed by atoms with Crippen LogP contribution in [0.15, 0.2) is 60.4 Å². The molecule has 2 aromatic carbocycles. The number of aromatic nitrogens is 3. The number of carbonyl (C=O) groups excluding carboxylic acids is 1. The highest BCUT2D eigenvalue weighted by atomic mass is 32.1. The Morgan fingerprint density at radius 3 is 2.59 bits per heavy atom. The van der Waals surface area contributed by atoms with Gasteiger partial charge in [-0.3, -0.25) is 9.79 Å². The van der Waals surface area contributed by atoms with Crippen LogP contribution in [0, 0.1) is 5.92 Å². The van der Waals surface area contributed by atoms with Crippen LogP contribution in [0.25, 0.3) is 15.8 Å². The summed E-state index contributed by atoms with van der Waals surface area (Å²) in [7, 11) is 0. The van der Waals surface area contributed by atoms with Gasteiger partial charge < -0.3 is 10.2 Å². The van der Waals surface area contributed by atoms with Crippen molar-refractivity contribution in [2.45, 2.75) is 57.9 Å². The maximum atomic E-state index is 14.0. The zero-order valence-corrected chi connectivity index (χ0v) is 24.4. The summed E-state index contributed by atoms with van der Waals surface area (Å²) >= 11 is 1.76. The van der Waals surface area contributed by atoms with E-state index in [0.717, 1.165) is 82.9 Å². The molecule has 1 N–H and O–H groups in total. The topological polar surface area (TPSA) is 83.4 Å². The van der Waals surface area contributed by atoms with Crippen molar-refractivity contribution >= 4 is 51.1 Å². The third kappa shape index (κ3) is 6.14. The number of rotatable bonds is 10. The van der Waals surface area contributed by atoms with E-state index in [-0.39, 0.29) is 5.91 Å². The molecule has 0 radical (unpaired) electrons. The van der Waals surface area contributed by atoms with Crippen molar-refractivity contribution in [3.05, 3.63) is 82.9 Å². The van der Waals surface area contributed by atoms with Gasteiger partial charge in [-0.05, 0) is 93.2 Å². The maximum Gasteiger partial charge on any atom is 0.261 e. The molecule has 4 aromatic rings. The predicted octanol–water partition coefficient (Wildman–Crippen LogP) is 7.11. The molecule has 1 saturated heterocycles. The number of nitrogens with one attached hydrogen (secondary N) is 1. The fourth-order valence-corrected chi connectivity index (χ4v) is 6.53. The number of anilines is 1. The average molecular weight is 565 g/mol. The summed E-state index contributed by atoms with van der Waals surface area (Å²) in [4.78, 5) is 34.1. The highest BCUT2D eigenvalue weighted by Gasteiger charge is 2.27. The molecule has 8 heteroatoms. The van der Waals surface area contributed by atoms with Gasteiger partial charge in [0.1, 0.15) is 5.82 Å². The number of nitrogens with zero attached hydrogens (tertiary/aromatic N) is 5. The molecule has 1 saturated carbocycles. The molecule has 0 spiro atoms. The lowest BCUT2D eigenvalue weighted by molar-refractivity contribution is 0.0984. The van der Waals surface area contributed by atoms with Crippen LogP contribution in [0.4, 0.5) is 11.4 Å². The Kier molecular flexibility index (Phi) is 8.03. The normalized spacial score (nSPS) is 15.6. The van der Waals surface area contributed by atoms with Crippen LogP contribution in [0.5, 0.6) is 0 Å². The molecule has 1 amide bonds. The first kappa shape index (κ1) is 27.4. The largest absolute Gasteiger partial charge is 0.317 e. The summed E-state index contributed by atoms with van der Waals surface area (Å²) in [5.74, 6) is 1.79. The molecule has 2 aromatic heterocycles. The van der Waals surface area contributed by atoms with E-state index in [0.29, 0.717) is 23.9 Å². The molecule has 210 valence electrons. The second-order valence-corrected chi connectivity index (χ2v) is 12.2. The lowest BCUT2D eigenvalue weighted by atomic mass is 9.95. The van der Waals surface area contributed by atoms with Crippen molar-refractivity contribution < 1.29 is 4.79 Å². The SMILES string of the molecule is C=Nc1cc(CN(C(=O)c2cnc(C3CC3)nc2)c2ccc3sc(CC4CCNCC4)nc3c2)ccc1C(=C)CC. The summed E-state index contributed by atoms with van der Waals surface area (Å²) in [6, 6.07) is 12.2. The summed E-state index contributed by atoms with van der Waals surface area (Å²) in [6.45, 7) is 12.6. The number of aliphatic imine (C=N–C) groups is 1. The number of hydrogen-bond donors (Lipinski definition) is 1. The lowest BCUT2D eigenvalue weighted by Crippen LogP contribution is -2.30. The minimum absolute atomic E-state index is 0.146. The number of carbonyl (C=O) groups is 1. The lowest BCUT2D eigenvalue weighted by Gasteiger charge is -2.23. The first-order chi connectivity index (χ1) is 20.0. The summed E-state index contributed by atoms with van der Waals surface area (Å²) < 4.78 is 1.14. The van der Waals surface area contributed by atoms with E-state index in [1.165, 1.54) is 17.8 Å². The zero-order chi connectivity index (χ0) is 28.3. The number of allylic oxidation sites excluding steroid dienone is 1. The van der Waals surface area contributed by atoms with E-state index >= 15 is 0 Å². The van der Waals surface area contributed by atoms with E-state index in [2.05, 4.69) is 46.6 Å². The van der Waals surface area contributed by atoms with Crippen LogP contribution in [-0.4, -0.2) is 40.7 Å². The van der Waals surface area contributed by atoms with Gasteiger partial charge in [-0.1, -0.05) is 25.6 Å². The first-order valence-electron chi connectivity index (χ1n) is 14.5. The first-order valence-corrected chi connectivity index (χ1v) is 15.4. The molecule has 2 aliphatic rings. The van der Waals surface area contributed by atoms with Gasteiger partial charge in [-0.15, -0.1) is 11.3 Å². The van der Waals surface area contributed by atoms with Gasteiger partial charge in [-0.25, -0.2) is 15.0 Å². The molecule has 0 unspecified atom stereocenters. The highest BCUT2D eigenvalue weighted by molar-refractivity contribution is 7.18. The molecule has 1 aliphatic carbocycles. The monoisotopic (exact) mass is 564 g/mol. The summed E-state index contributed by atoms with van der Waals surface area (Å²) in [5, 5.41) is 4.61. The van der Waals surface area contributed by atoms with Crippen LogP contribution >= 0.6 is 11.3 Å². The number of amides is 1. The Labute approximate surface area is 245 Å². The number of hydrogen-bond acceptors (Lipinski definition) is 7. The van der Waals surface area contributed by atoms with Gasteiger partial charge in [0, 0.05) is 36.0 Å². The third-order valence-corrected chi connectivity index (χ3v) is 9.20. The van der Waals surface area contributed by atoms with Crippen LogP contribution in [0.1, 0.15) is 77.3 Å². The average Bonchev–Trinajstić information content (AvgIpc) is 3.79. The van der Waals surface area contributed by atoms with E-state index in [1.54, 1.807) is 28.6 Å². The number of fused-ring (bicyclic) bond motifs is 1. The smallest absolute Gasteiger partial charge is 0.261 e. The van der Waals surface area contributed by atoms with Crippen LogP contribution < -0.4 is 10.2 Å². The molecule has 6 rings (SSSR count). The van der Waals surface area contributed by atoms with Crippen molar-refractivity contribution in [3.63, 3.8) is 0 Å². The minimum atomic E-state index is -0.146. The second kappa shape index (κ2) is 12.0. The Hall–Kier alpha value is -3.75. The van der Waals surface area contributed by atoms with E-state index in [4.69, 9.17) is 4.98 Å². The van der Waals surface area contributed by atoms with Crippen molar-refractivity contribution in [2.24, 2.45) is 10.9 Å². The second-order valence-electron chi connectivity index (χ2n) is 11.1. The van der Waals surface area contributed by atoms with Crippen LogP contribution in [0.2, 0.25) is 0 Å². The highest BCUT2D eigenvalue weighted by Crippen LogP contribution is 2.38. The van der Waals surface area contributed by atoms with E-state index < -0.39 is 0 Å². The summed E-state index contributed by atoms with van der Waals surface area (Å²) in [5.41, 5.74) is 5.91. The van der Waals surface area contributed by atoms with Crippen molar-refractivity contribution in [1.29, 1.82) is 0 Å². The van der Waals surface area contributed by atoms with Gasteiger partial charge in [0.25, 0.3) is 5.91 Å². The van der Waals surface area contributed by atoms with Crippen molar-refractivity contribution in [2.75, 3.05) is 18.0 Å². The Morgan fingerprint density at radius 2 is 1.88 bits per heavy atom. The zero-order valence-electron chi connectivity index (χ0n) is 23.6. The fraction of sp³-hybridized carbons (Fsp3) is 0.364. The Balaban J connectivity index is 1.32. The van der Waals surface area contributed by atoms with Crippen molar-refractivity contribution in [1.82, 2.24) is 20.3 Å².